The Labute approximate surface area is 112 Å². The van der Waals surface area contributed by atoms with Crippen molar-refractivity contribution in [3.8, 4) is 0 Å². The molecule has 2 N–H and O–H groups in total. The zero-order valence-electron chi connectivity index (χ0n) is 10.7. The fourth-order valence-corrected chi connectivity index (χ4v) is 2.52. The number of carbonyl (C=O) groups excluding carboxylic acids is 1. The smallest absolute Gasteiger partial charge is 0.321 e. The van der Waals surface area contributed by atoms with Crippen molar-refractivity contribution in [3.05, 3.63) is 24.3 Å². The zero-order valence-corrected chi connectivity index (χ0v) is 11.5. The first-order valence-corrected chi connectivity index (χ1v) is 7.97. The first-order valence-electron chi connectivity index (χ1n) is 6.08. The van der Waals surface area contributed by atoms with E-state index in [0.717, 1.165) is 32.2 Å². The van der Waals surface area contributed by atoms with E-state index in [0.29, 0.717) is 11.4 Å². The summed E-state index contributed by atoms with van der Waals surface area (Å²) in [5.74, 6) is 0. The normalized spacial score (nSPS) is 15.3. The van der Waals surface area contributed by atoms with Gasteiger partial charge in [-0.15, -0.1) is 0 Å². The van der Waals surface area contributed by atoms with Gasteiger partial charge in [0.25, 0.3) is 0 Å². The van der Waals surface area contributed by atoms with Crippen molar-refractivity contribution in [2.75, 3.05) is 29.4 Å². The number of likely N-dealkylation sites (tertiary alicyclic amines) is 1. The number of hydrogen-bond acceptors (Lipinski definition) is 3. The minimum atomic E-state index is -3.27. The van der Waals surface area contributed by atoms with Gasteiger partial charge in [0, 0.05) is 24.5 Å². The number of nitrogens with one attached hydrogen (secondary N) is 2. The maximum absolute atomic E-state index is 11.8. The van der Waals surface area contributed by atoms with Gasteiger partial charge in [0.15, 0.2) is 0 Å². The van der Waals surface area contributed by atoms with Crippen molar-refractivity contribution in [2.24, 2.45) is 0 Å². The SMILES string of the molecule is CS(=O)(=O)Nc1ccc(NC(=O)N2CCCC2)cc1. The quantitative estimate of drug-likeness (QED) is 0.886. The maximum Gasteiger partial charge on any atom is 0.321 e. The van der Waals surface area contributed by atoms with Gasteiger partial charge in [-0.25, -0.2) is 13.2 Å². The summed E-state index contributed by atoms with van der Waals surface area (Å²) in [7, 11) is -3.27. The van der Waals surface area contributed by atoms with E-state index in [2.05, 4.69) is 10.0 Å². The first-order chi connectivity index (χ1) is 8.94. The predicted octanol–water partition coefficient (Wildman–Crippen LogP) is 1.69. The molecule has 0 atom stereocenters. The molecule has 0 aliphatic carbocycles. The molecule has 6 nitrogen and oxygen atoms in total. The van der Waals surface area contributed by atoms with E-state index in [1.807, 2.05) is 0 Å². The van der Waals surface area contributed by atoms with Crippen molar-refractivity contribution in [3.63, 3.8) is 0 Å². The molecule has 7 heteroatoms. The Kier molecular flexibility index (Phi) is 3.94. The fraction of sp³-hybridized carbons (Fsp3) is 0.417. The molecule has 104 valence electrons. The van der Waals surface area contributed by atoms with Gasteiger partial charge in [0.05, 0.1) is 6.26 Å². The van der Waals surface area contributed by atoms with Crippen LogP contribution in [0.2, 0.25) is 0 Å². The largest absolute Gasteiger partial charge is 0.325 e. The van der Waals surface area contributed by atoms with Crippen LogP contribution < -0.4 is 10.0 Å². The Morgan fingerprint density at radius 3 is 2.16 bits per heavy atom. The molecule has 0 saturated carbocycles. The van der Waals surface area contributed by atoms with Gasteiger partial charge in [-0.2, -0.15) is 0 Å². The summed E-state index contributed by atoms with van der Waals surface area (Å²) in [6, 6.07) is 6.45. The van der Waals surface area contributed by atoms with Crippen LogP contribution in [0.25, 0.3) is 0 Å². The average molecular weight is 283 g/mol. The molecule has 1 aliphatic heterocycles. The van der Waals surface area contributed by atoms with E-state index < -0.39 is 10.0 Å². The van der Waals surface area contributed by atoms with Crippen LogP contribution in [0, 0.1) is 0 Å². The Morgan fingerprint density at radius 1 is 1.11 bits per heavy atom. The monoisotopic (exact) mass is 283 g/mol. The molecule has 2 amide bonds. The highest BCUT2D eigenvalue weighted by Crippen LogP contribution is 2.16. The number of rotatable bonds is 3. The highest BCUT2D eigenvalue weighted by Gasteiger charge is 2.17. The predicted molar refractivity (Wildman–Crippen MR) is 74.7 cm³/mol. The molecule has 1 heterocycles. The molecule has 1 aromatic carbocycles. The van der Waals surface area contributed by atoms with Gasteiger partial charge < -0.3 is 10.2 Å². The lowest BCUT2D eigenvalue weighted by atomic mass is 10.3. The second kappa shape index (κ2) is 5.48. The molecule has 2 rings (SSSR count). The van der Waals surface area contributed by atoms with Gasteiger partial charge in [-0.05, 0) is 37.1 Å². The number of sulfonamides is 1. The molecule has 19 heavy (non-hydrogen) atoms. The third-order valence-corrected chi connectivity index (χ3v) is 3.44. The molecule has 1 aromatic rings. The van der Waals surface area contributed by atoms with E-state index in [9.17, 15) is 13.2 Å². The topological polar surface area (TPSA) is 78.5 Å². The van der Waals surface area contributed by atoms with E-state index in [1.54, 1.807) is 29.2 Å². The van der Waals surface area contributed by atoms with Crippen LogP contribution in [-0.2, 0) is 10.0 Å². The summed E-state index contributed by atoms with van der Waals surface area (Å²) >= 11 is 0. The van der Waals surface area contributed by atoms with Crippen LogP contribution in [-0.4, -0.2) is 38.7 Å². The van der Waals surface area contributed by atoms with Gasteiger partial charge in [0.2, 0.25) is 10.0 Å². The minimum Gasteiger partial charge on any atom is -0.325 e. The fourth-order valence-electron chi connectivity index (χ4n) is 1.96. The van der Waals surface area contributed by atoms with Crippen LogP contribution in [0.5, 0.6) is 0 Å². The summed E-state index contributed by atoms with van der Waals surface area (Å²) in [6.07, 6.45) is 3.19. The Hall–Kier alpha value is -1.76. The number of amides is 2. The van der Waals surface area contributed by atoms with E-state index >= 15 is 0 Å². The van der Waals surface area contributed by atoms with Crippen molar-refractivity contribution >= 4 is 27.4 Å². The van der Waals surface area contributed by atoms with Crippen molar-refractivity contribution in [1.82, 2.24) is 4.90 Å². The summed E-state index contributed by atoms with van der Waals surface area (Å²) in [4.78, 5) is 13.6. The molecule has 0 bridgehead atoms. The molecule has 0 spiro atoms. The van der Waals surface area contributed by atoms with Gasteiger partial charge >= 0.3 is 6.03 Å². The van der Waals surface area contributed by atoms with Crippen LogP contribution in [0.1, 0.15) is 12.8 Å². The zero-order chi connectivity index (χ0) is 13.9. The van der Waals surface area contributed by atoms with E-state index in [-0.39, 0.29) is 6.03 Å². The van der Waals surface area contributed by atoms with Gasteiger partial charge in [0.1, 0.15) is 0 Å². The second-order valence-electron chi connectivity index (χ2n) is 4.58. The Morgan fingerprint density at radius 2 is 1.63 bits per heavy atom. The summed E-state index contributed by atoms with van der Waals surface area (Å²) < 4.78 is 24.5. The summed E-state index contributed by atoms with van der Waals surface area (Å²) in [5.41, 5.74) is 1.12. The molecule has 1 fully saturated rings. The number of nitrogens with zero attached hydrogens (tertiary/aromatic N) is 1. The standard InChI is InChI=1S/C12H17N3O3S/c1-19(17,18)14-11-6-4-10(5-7-11)13-12(16)15-8-2-3-9-15/h4-7,14H,2-3,8-9H2,1H3,(H,13,16). The van der Waals surface area contributed by atoms with Crippen molar-refractivity contribution < 1.29 is 13.2 Å². The molecular formula is C12H17N3O3S. The molecule has 1 saturated heterocycles. The number of urea groups is 1. The lowest BCUT2D eigenvalue weighted by Crippen LogP contribution is -2.32. The Bertz CT molecular complexity index is 548. The minimum absolute atomic E-state index is 0.110. The number of benzene rings is 1. The maximum atomic E-state index is 11.8. The van der Waals surface area contributed by atoms with Crippen molar-refractivity contribution in [2.45, 2.75) is 12.8 Å². The Balaban J connectivity index is 1.96. The van der Waals surface area contributed by atoms with Crippen LogP contribution in [0.4, 0.5) is 16.2 Å². The molecule has 1 aliphatic rings. The molecular weight excluding hydrogens is 266 g/mol. The van der Waals surface area contributed by atoms with Crippen molar-refractivity contribution in [1.29, 1.82) is 0 Å². The molecule has 0 radical (unpaired) electrons. The lowest BCUT2D eigenvalue weighted by Gasteiger charge is -2.16. The third kappa shape index (κ3) is 4.13. The number of hydrogen-bond donors (Lipinski definition) is 2. The highest BCUT2D eigenvalue weighted by atomic mass is 32.2. The second-order valence-corrected chi connectivity index (χ2v) is 6.32. The van der Waals surface area contributed by atoms with Crippen LogP contribution in [0.15, 0.2) is 24.3 Å². The summed E-state index contributed by atoms with van der Waals surface area (Å²) in [6.45, 7) is 1.58. The van der Waals surface area contributed by atoms with E-state index in [4.69, 9.17) is 0 Å². The third-order valence-electron chi connectivity index (χ3n) is 2.83. The van der Waals surface area contributed by atoms with Crippen LogP contribution >= 0.6 is 0 Å². The average Bonchev–Trinajstić information content (AvgIpc) is 2.83. The molecule has 0 aromatic heterocycles. The number of carbonyl (C=O) groups is 1. The first kappa shape index (κ1) is 13.7. The molecule has 0 unspecified atom stereocenters. The van der Waals surface area contributed by atoms with E-state index in [1.165, 1.54) is 0 Å². The highest BCUT2D eigenvalue weighted by molar-refractivity contribution is 7.92. The van der Waals surface area contributed by atoms with Gasteiger partial charge in [-0.1, -0.05) is 0 Å². The van der Waals surface area contributed by atoms with Crippen LogP contribution in [0.3, 0.4) is 0 Å². The van der Waals surface area contributed by atoms with Gasteiger partial charge in [-0.3, -0.25) is 4.72 Å². The summed E-state index contributed by atoms with van der Waals surface area (Å²) in [5, 5.41) is 2.78. The number of anilines is 2. The lowest BCUT2D eigenvalue weighted by molar-refractivity contribution is 0.222.